The average Bonchev–Trinajstić information content (AvgIpc) is 3.30. The van der Waals surface area contributed by atoms with Gasteiger partial charge in [0.2, 0.25) is 5.91 Å². The number of para-hydroxylation sites is 1. The van der Waals surface area contributed by atoms with Crippen LogP contribution in [0.3, 0.4) is 0 Å². The van der Waals surface area contributed by atoms with E-state index in [2.05, 4.69) is 5.32 Å². The van der Waals surface area contributed by atoms with Gasteiger partial charge in [-0.25, -0.2) is 8.42 Å². The lowest BCUT2D eigenvalue weighted by molar-refractivity contribution is -0.120. The predicted octanol–water partition coefficient (Wildman–Crippen LogP) is 3.84. The predicted molar refractivity (Wildman–Crippen MR) is 110 cm³/mol. The van der Waals surface area contributed by atoms with Crippen molar-refractivity contribution >= 4 is 33.2 Å². The first kappa shape index (κ1) is 19.3. The third kappa shape index (κ3) is 3.89. The summed E-state index contributed by atoms with van der Waals surface area (Å²) in [5, 5.41) is 3.53. The first-order chi connectivity index (χ1) is 13.4. The fourth-order valence-corrected chi connectivity index (χ4v) is 5.99. The molecule has 0 spiro atoms. The molecule has 2 aromatic carbocycles. The van der Waals surface area contributed by atoms with E-state index in [0.29, 0.717) is 22.5 Å². The number of hydrogen-bond donors (Lipinski definition) is 1. The quantitative estimate of drug-likeness (QED) is 0.775. The van der Waals surface area contributed by atoms with Crippen LogP contribution in [0.2, 0.25) is 5.02 Å². The third-order valence-electron chi connectivity index (χ3n) is 5.82. The molecule has 2 aromatic rings. The van der Waals surface area contributed by atoms with Crippen LogP contribution in [0, 0.1) is 11.8 Å². The fourth-order valence-electron chi connectivity index (χ4n) is 4.45. The monoisotopic (exact) mass is 418 g/mol. The molecule has 1 N–H and O–H groups in total. The fraction of sp³-hybridized carbons (Fsp3) is 0.381. The van der Waals surface area contributed by atoms with E-state index in [1.807, 2.05) is 6.07 Å². The Morgan fingerprint density at radius 3 is 2.36 bits per heavy atom. The number of benzene rings is 2. The number of sulfonamides is 1. The second-order valence-electron chi connectivity index (χ2n) is 7.65. The number of carbonyl (C=O) groups is 1. The number of nitrogens with zero attached hydrogens (tertiary/aromatic N) is 1. The summed E-state index contributed by atoms with van der Waals surface area (Å²) in [5.74, 6) is 0.976. The molecule has 1 amide bonds. The van der Waals surface area contributed by atoms with Crippen LogP contribution in [0.25, 0.3) is 0 Å². The van der Waals surface area contributed by atoms with Crippen molar-refractivity contribution in [2.24, 2.45) is 11.8 Å². The second kappa shape index (κ2) is 7.76. The van der Waals surface area contributed by atoms with Gasteiger partial charge >= 0.3 is 0 Å². The molecule has 0 aliphatic heterocycles. The van der Waals surface area contributed by atoms with E-state index in [1.165, 1.54) is 41.4 Å². The van der Waals surface area contributed by atoms with Gasteiger partial charge in [-0.15, -0.1) is 0 Å². The Balaban J connectivity index is 1.57. The molecule has 0 aromatic heterocycles. The molecule has 5 nitrogen and oxygen atoms in total. The molecule has 28 heavy (non-hydrogen) atoms. The molecular weight excluding hydrogens is 396 g/mol. The highest BCUT2D eigenvalue weighted by atomic mass is 35.5. The lowest BCUT2D eigenvalue weighted by Crippen LogP contribution is -2.45. The van der Waals surface area contributed by atoms with Crippen molar-refractivity contribution in [3.63, 3.8) is 0 Å². The van der Waals surface area contributed by atoms with Gasteiger partial charge < -0.3 is 5.32 Å². The Labute approximate surface area is 170 Å². The summed E-state index contributed by atoms with van der Waals surface area (Å²) in [5.41, 5.74) is 0.459. The smallest absolute Gasteiger partial charge is 0.264 e. The molecule has 148 valence electrons. The number of halogens is 1. The van der Waals surface area contributed by atoms with Gasteiger partial charge in [-0.3, -0.25) is 9.10 Å². The molecule has 3 atom stereocenters. The molecule has 0 radical (unpaired) electrons. The van der Waals surface area contributed by atoms with E-state index < -0.39 is 10.0 Å². The summed E-state index contributed by atoms with van der Waals surface area (Å²) in [6.07, 6.45) is 4.58. The van der Waals surface area contributed by atoms with Crippen LogP contribution in [0.15, 0.2) is 59.5 Å². The lowest BCUT2D eigenvalue weighted by atomic mass is 9.95. The summed E-state index contributed by atoms with van der Waals surface area (Å²) in [4.78, 5) is 12.9. The van der Waals surface area contributed by atoms with Gasteiger partial charge in [0, 0.05) is 11.1 Å². The van der Waals surface area contributed by atoms with Gasteiger partial charge in [0.05, 0.1) is 10.6 Å². The molecule has 2 aliphatic carbocycles. The maximum Gasteiger partial charge on any atom is 0.264 e. The van der Waals surface area contributed by atoms with E-state index in [-0.39, 0.29) is 23.4 Å². The molecule has 0 heterocycles. The molecule has 2 fully saturated rings. The number of carbonyl (C=O) groups excluding carboxylic acids is 1. The van der Waals surface area contributed by atoms with Crippen LogP contribution >= 0.6 is 11.6 Å². The zero-order chi connectivity index (χ0) is 19.7. The van der Waals surface area contributed by atoms with Crippen molar-refractivity contribution in [1.29, 1.82) is 0 Å². The number of anilines is 1. The highest BCUT2D eigenvalue weighted by Crippen LogP contribution is 2.44. The van der Waals surface area contributed by atoms with Crippen molar-refractivity contribution in [3.8, 4) is 0 Å². The van der Waals surface area contributed by atoms with E-state index in [1.54, 1.807) is 24.3 Å². The summed E-state index contributed by atoms with van der Waals surface area (Å²) < 4.78 is 27.7. The standard InChI is InChI=1S/C21H23ClN2O3S/c22-17-8-10-19(11-9-17)28(26,27)24(18-4-2-1-3-5-18)14-21(25)23-20-13-15-6-7-16(20)12-15/h1-5,8-11,15-16,20H,6-7,12-14H2,(H,23,25)/t15-,16-,20+/m0/s1. The van der Waals surface area contributed by atoms with Crippen molar-refractivity contribution in [3.05, 3.63) is 59.6 Å². The van der Waals surface area contributed by atoms with E-state index in [0.717, 1.165) is 12.8 Å². The molecule has 0 unspecified atom stereocenters. The van der Waals surface area contributed by atoms with Crippen molar-refractivity contribution in [1.82, 2.24) is 5.32 Å². The van der Waals surface area contributed by atoms with Gasteiger partial charge in [0.1, 0.15) is 6.54 Å². The maximum atomic E-state index is 13.2. The largest absolute Gasteiger partial charge is 0.352 e. The minimum Gasteiger partial charge on any atom is -0.352 e. The van der Waals surface area contributed by atoms with E-state index in [4.69, 9.17) is 11.6 Å². The van der Waals surface area contributed by atoms with Gasteiger partial charge in [0.15, 0.2) is 0 Å². The SMILES string of the molecule is O=C(CN(c1ccccc1)S(=O)(=O)c1ccc(Cl)cc1)N[C@@H]1C[C@H]2CC[C@H]1C2. The van der Waals surface area contributed by atoms with Gasteiger partial charge in [0.25, 0.3) is 10.0 Å². The molecule has 7 heteroatoms. The number of amides is 1. The van der Waals surface area contributed by atoms with Crippen molar-refractivity contribution < 1.29 is 13.2 Å². The molecule has 0 saturated heterocycles. The third-order valence-corrected chi connectivity index (χ3v) is 7.86. The highest BCUT2D eigenvalue weighted by Gasteiger charge is 2.40. The van der Waals surface area contributed by atoms with Crippen LogP contribution in [0.1, 0.15) is 25.7 Å². The van der Waals surface area contributed by atoms with Gasteiger partial charge in [-0.1, -0.05) is 36.2 Å². The Kier molecular flexibility index (Phi) is 5.34. The Morgan fingerprint density at radius 1 is 1.04 bits per heavy atom. The van der Waals surface area contributed by atoms with Gasteiger partial charge in [-0.05, 0) is 67.5 Å². The lowest BCUT2D eigenvalue weighted by Gasteiger charge is -2.27. The van der Waals surface area contributed by atoms with Crippen molar-refractivity contribution in [2.45, 2.75) is 36.6 Å². The summed E-state index contributed by atoms with van der Waals surface area (Å²) in [7, 11) is -3.90. The zero-order valence-corrected chi connectivity index (χ0v) is 17.0. The summed E-state index contributed by atoms with van der Waals surface area (Å²) in [6.45, 7) is -0.247. The summed E-state index contributed by atoms with van der Waals surface area (Å²) >= 11 is 5.90. The average molecular weight is 419 g/mol. The number of hydrogen-bond acceptors (Lipinski definition) is 3. The Morgan fingerprint density at radius 2 is 1.75 bits per heavy atom. The Bertz CT molecular complexity index is 947. The van der Waals surface area contributed by atoms with E-state index in [9.17, 15) is 13.2 Å². The maximum absolute atomic E-state index is 13.2. The van der Waals surface area contributed by atoms with Crippen LogP contribution in [-0.2, 0) is 14.8 Å². The molecule has 2 bridgehead atoms. The topological polar surface area (TPSA) is 66.5 Å². The van der Waals surface area contributed by atoms with Crippen molar-refractivity contribution in [2.75, 3.05) is 10.8 Å². The van der Waals surface area contributed by atoms with Crippen LogP contribution in [-0.4, -0.2) is 26.9 Å². The molecule has 2 saturated carbocycles. The summed E-state index contributed by atoms with van der Waals surface area (Å²) in [6, 6.07) is 14.9. The number of rotatable bonds is 6. The van der Waals surface area contributed by atoms with Gasteiger partial charge in [-0.2, -0.15) is 0 Å². The molecule has 2 aliphatic rings. The second-order valence-corrected chi connectivity index (χ2v) is 9.95. The minimum atomic E-state index is -3.90. The normalized spacial score (nSPS) is 23.5. The highest BCUT2D eigenvalue weighted by molar-refractivity contribution is 7.92. The van der Waals surface area contributed by atoms with Crippen LogP contribution in [0.4, 0.5) is 5.69 Å². The van der Waals surface area contributed by atoms with Crippen LogP contribution < -0.4 is 9.62 Å². The zero-order valence-electron chi connectivity index (χ0n) is 15.4. The number of fused-ring (bicyclic) bond motifs is 2. The minimum absolute atomic E-state index is 0.105. The first-order valence-electron chi connectivity index (χ1n) is 9.56. The Hall–Kier alpha value is -2.05. The van der Waals surface area contributed by atoms with Crippen LogP contribution in [0.5, 0.6) is 0 Å². The molecule has 4 rings (SSSR count). The van der Waals surface area contributed by atoms with E-state index >= 15 is 0 Å². The number of nitrogens with one attached hydrogen (secondary N) is 1. The molecular formula is C21H23ClN2O3S. The first-order valence-corrected chi connectivity index (χ1v) is 11.4.